The molecule has 0 aromatic rings. The number of ketones is 1. The summed E-state index contributed by atoms with van der Waals surface area (Å²) in [4.78, 5) is 13.4. The van der Waals surface area contributed by atoms with Gasteiger partial charge in [0.1, 0.15) is 30.2 Å². The number of allylic oxidation sites excluding steroid dienone is 4. The molecule has 1 aliphatic heterocycles. The first-order valence-electron chi connectivity index (χ1n) is 16.1. The van der Waals surface area contributed by atoms with Gasteiger partial charge in [-0.3, -0.25) is 4.79 Å². The highest BCUT2D eigenvalue weighted by Crippen LogP contribution is 2.64. The summed E-state index contributed by atoms with van der Waals surface area (Å²) >= 11 is 0. The summed E-state index contributed by atoms with van der Waals surface area (Å²) in [5.41, 5.74) is -0.195. The number of aliphatic hydroxyl groups excluding tert-OH is 7. The van der Waals surface area contributed by atoms with E-state index >= 15 is 0 Å². The van der Waals surface area contributed by atoms with Gasteiger partial charge in [0, 0.05) is 23.7 Å². The molecule has 5 rings (SSSR count). The Morgan fingerprint density at radius 1 is 1.05 bits per heavy atom. The van der Waals surface area contributed by atoms with Crippen LogP contribution >= 0.6 is 0 Å². The van der Waals surface area contributed by atoms with Crippen LogP contribution in [0.15, 0.2) is 22.8 Å². The lowest BCUT2D eigenvalue weighted by molar-refractivity contribution is -0.324. The molecule has 0 spiro atoms. The summed E-state index contributed by atoms with van der Waals surface area (Å²) in [6.07, 6.45) is -4.51. The van der Waals surface area contributed by atoms with Gasteiger partial charge >= 0.3 is 0 Å². The first-order valence-corrected chi connectivity index (χ1v) is 16.1. The van der Waals surface area contributed by atoms with Gasteiger partial charge in [-0.15, -0.1) is 0 Å². The van der Waals surface area contributed by atoms with Gasteiger partial charge in [0.25, 0.3) is 0 Å². The molecular formula is C33H52O11. The Balaban J connectivity index is 1.28. The molecule has 1 saturated carbocycles. The number of fused-ring (bicyclic) bond motifs is 4. The Morgan fingerprint density at radius 3 is 2.39 bits per heavy atom. The van der Waals surface area contributed by atoms with E-state index in [2.05, 4.69) is 13.0 Å². The number of ether oxygens (including phenoxy) is 2. The number of Topliss-reactive ketones (excluding diaryl/α,β-unsaturated/α-hetero) is 1. The van der Waals surface area contributed by atoms with Gasteiger partial charge in [0.05, 0.1) is 36.1 Å². The summed E-state index contributed by atoms with van der Waals surface area (Å²) in [6, 6.07) is 0. The van der Waals surface area contributed by atoms with E-state index in [0.717, 1.165) is 24.0 Å². The maximum absolute atomic E-state index is 13.4. The van der Waals surface area contributed by atoms with Gasteiger partial charge in [0.2, 0.25) is 0 Å². The van der Waals surface area contributed by atoms with Crippen molar-refractivity contribution < 1.29 is 55.1 Å². The van der Waals surface area contributed by atoms with Crippen molar-refractivity contribution in [3.05, 3.63) is 22.8 Å². The molecule has 44 heavy (non-hydrogen) atoms. The highest BCUT2D eigenvalue weighted by molar-refractivity contribution is 5.88. The molecule has 0 aromatic carbocycles. The maximum atomic E-state index is 13.4. The Labute approximate surface area is 259 Å². The van der Waals surface area contributed by atoms with Gasteiger partial charge in [-0.1, -0.05) is 25.5 Å². The van der Waals surface area contributed by atoms with Crippen LogP contribution in [-0.4, -0.2) is 113 Å². The van der Waals surface area contributed by atoms with Crippen LogP contribution in [0.2, 0.25) is 0 Å². The normalized spacial score (nSPS) is 44.8. The van der Waals surface area contributed by atoms with Crippen LogP contribution in [0.1, 0.15) is 86.0 Å². The van der Waals surface area contributed by atoms with Crippen molar-refractivity contribution in [3.8, 4) is 0 Å². The van der Waals surface area contributed by atoms with Crippen molar-refractivity contribution in [2.75, 3.05) is 6.61 Å². The maximum Gasteiger partial charge on any atom is 0.187 e. The monoisotopic (exact) mass is 624 g/mol. The van der Waals surface area contributed by atoms with Crippen LogP contribution in [0.4, 0.5) is 0 Å². The number of carbonyl (C=O) groups excluding carboxylic acids is 1. The van der Waals surface area contributed by atoms with Gasteiger partial charge in [-0.05, 0) is 82.3 Å². The Hall–Kier alpha value is -1.25. The van der Waals surface area contributed by atoms with Crippen LogP contribution in [-0.2, 0) is 14.3 Å². The lowest BCUT2D eigenvalue weighted by atomic mass is 9.50. The number of rotatable bonds is 8. The third kappa shape index (κ3) is 5.55. The molecule has 250 valence electrons. The minimum atomic E-state index is -1.56. The molecule has 2 fully saturated rings. The third-order valence-electron chi connectivity index (χ3n) is 12.0. The molecule has 11 heteroatoms. The van der Waals surface area contributed by atoms with E-state index in [1.807, 2.05) is 6.92 Å². The van der Waals surface area contributed by atoms with Crippen LogP contribution in [0.5, 0.6) is 0 Å². The number of hydrogen-bond acceptors (Lipinski definition) is 11. The molecule has 4 aliphatic carbocycles. The third-order valence-corrected chi connectivity index (χ3v) is 12.0. The minimum Gasteiger partial charge on any atom is -0.394 e. The van der Waals surface area contributed by atoms with Gasteiger partial charge in [-0.25, -0.2) is 0 Å². The Morgan fingerprint density at radius 2 is 1.73 bits per heavy atom. The van der Waals surface area contributed by atoms with Crippen molar-refractivity contribution in [1.29, 1.82) is 0 Å². The first-order chi connectivity index (χ1) is 20.4. The van der Waals surface area contributed by atoms with Crippen molar-refractivity contribution in [2.45, 2.75) is 146 Å². The van der Waals surface area contributed by atoms with E-state index in [0.29, 0.717) is 12.8 Å². The smallest absolute Gasteiger partial charge is 0.187 e. The minimum absolute atomic E-state index is 0.0826. The van der Waals surface area contributed by atoms with Gasteiger partial charge in [-0.2, -0.15) is 0 Å². The second kappa shape index (κ2) is 11.8. The van der Waals surface area contributed by atoms with Gasteiger partial charge in [0.15, 0.2) is 6.29 Å². The Kier molecular flexibility index (Phi) is 9.12. The summed E-state index contributed by atoms with van der Waals surface area (Å²) < 4.78 is 11.4. The molecule has 5 aliphatic rings. The summed E-state index contributed by atoms with van der Waals surface area (Å²) in [5, 5.41) is 84.2. The first kappa shape index (κ1) is 34.1. The fourth-order valence-corrected chi connectivity index (χ4v) is 9.14. The van der Waals surface area contributed by atoms with Crippen molar-refractivity contribution in [3.63, 3.8) is 0 Å². The SMILES string of the molecule is CC(C)(CC[C@@H](O)[C@](C)(O)[C@H]1CC=C2C3=C(CC[C@@]21C)[C@@]1(C)C[C@H](O)[C@H](O)C[C@H]1C(=O)C3)O[C@@H]1O[C@H](CO)[C@@H](O)[C@H](O)[C@H]1O. The molecule has 8 N–H and O–H groups in total. The second-order valence-corrected chi connectivity index (χ2v) is 15.3. The summed E-state index contributed by atoms with van der Waals surface area (Å²) in [7, 11) is 0. The molecule has 1 heterocycles. The standard InChI is InChI=1S/C33H52O11/c1-30(2,44-29-28(41)27(40)26(39)23(15-34)43-29)10-9-25(38)33(5,42)24-7-6-17-16-12-20(35)19-13-21(36)22(37)14-32(19,4)18(16)8-11-31(17,24)3/h6,19,21-29,34,36-42H,7-15H2,1-5H3/t19-,21+,22-,23+,24-,25+,26+,27-,28+,29-,31-,32+,33+/m0/s1. The van der Waals surface area contributed by atoms with Crippen LogP contribution in [0, 0.1) is 22.7 Å². The summed E-state index contributed by atoms with van der Waals surface area (Å²) in [5.74, 6) is -0.553. The van der Waals surface area contributed by atoms with E-state index < -0.39 is 77.7 Å². The van der Waals surface area contributed by atoms with Crippen molar-refractivity contribution >= 4 is 5.78 Å². The number of aliphatic hydroxyl groups is 8. The molecular weight excluding hydrogens is 572 g/mol. The van der Waals surface area contributed by atoms with E-state index in [-0.39, 0.29) is 43.3 Å². The predicted octanol–water partition coefficient (Wildman–Crippen LogP) is 0.628. The van der Waals surface area contributed by atoms with E-state index in [4.69, 9.17) is 9.47 Å². The summed E-state index contributed by atoms with van der Waals surface area (Å²) in [6.45, 7) is 8.70. The van der Waals surface area contributed by atoms with E-state index in [9.17, 15) is 45.6 Å². The molecule has 0 amide bonds. The molecule has 1 saturated heterocycles. The molecule has 0 unspecified atom stereocenters. The highest BCUT2D eigenvalue weighted by Gasteiger charge is 2.59. The topological polar surface area (TPSA) is 197 Å². The zero-order valence-corrected chi connectivity index (χ0v) is 26.5. The zero-order chi connectivity index (χ0) is 32.6. The van der Waals surface area contributed by atoms with Gasteiger partial charge < -0.3 is 50.3 Å². The van der Waals surface area contributed by atoms with E-state index in [1.165, 1.54) is 5.57 Å². The quantitative estimate of drug-likeness (QED) is 0.189. The highest BCUT2D eigenvalue weighted by atomic mass is 16.7. The average Bonchev–Trinajstić information content (AvgIpc) is 3.31. The molecule has 0 radical (unpaired) electrons. The lowest BCUT2D eigenvalue weighted by Gasteiger charge is -2.54. The van der Waals surface area contributed by atoms with Crippen LogP contribution < -0.4 is 0 Å². The predicted molar refractivity (Wildman–Crippen MR) is 158 cm³/mol. The Bertz CT molecular complexity index is 1180. The fraction of sp³-hybridized carbons (Fsp3) is 0.848. The van der Waals surface area contributed by atoms with Crippen LogP contribution in [0.25, 0.3) is 0 Å². The van der Waals surface area contributed by atoms with Crippen molar-refractivity contribution in [1.82, 2.24) is 0 Å². The average molecular weight is 625 g/mol. The zero-order valence-electron chi connectivity index (χ0n) is 26.5. The number of carbonyl (C=O) groups is 1. The molecule has 13 atom stereocenters. The van der Waals surface area contributed by atoms with Crippen LogP contribution in [0.3, 0.4) is 0 Å². The number of hydrogen-bond donors (Lipinski definition) is 8. The van der Waals surface area contributed by atoms with E-state index in [1.54, 1.807) is 20.8 Å². The fourth-order valence-electron chi connectivity index (χ4n) is 9.14. The van der Waals surface area contributed by atoms with Crippen molar-refractivity contribution in [2.24, 2.45) is 22.7 Å². The molecule has 0 bridgehead atoms. The largest absolute Gasteiger partial charge is 0.394 e. The molecule has 11 nitrogen and oxygen atoms in total. The lowest BCUT2D eigenvalue weighted by Crippen LogP contribution is -2.60. The molecule has 0 aromatic heterocycles. The second-order valence-electron chi connectivity index (χ2n) is 15.3.